The van der Waals surface area contributed by atoms with Gasteiger partial charge in [0.15, 0.2) is 9.84 Å². The first-order valence-corrected chi connectivity index (χ1v) is 12.2. The summed E-state index contributed by atoms with van der Waals surface area (Å²) in [5, 5.41) is 15.5. The molecule has 2 N–H and O–H groups in total. The molecule has 8 heteroatoms. The molecular formula is C23H24FN3O3S. The van der Waals surface area contributed by atoms with Gasteiger partial charge in [-0.05, 0) is 60.1 Å². The molecule has 4 rings (SSSR count). The number of hydrogen-bond acceptors (Lipinski definition) is 5. The predicted octanol–water partition coefficient (Wildman–Crippen LogP) is 2.59. The van der Waals surface area contributed by atoms with Crippen molar-refractivity contribution in [1.29, 1.82) is 5.26 Å². The van der Waals surface area contributed by atoms with Crippen LogP contribution in [0.4, 0.5) is 4.39 Å². The molecule has 0 spiro atoms. The highest BCUT2D eigenvalue weighted by atomic mass is 32.2. The summed E-state index contributed by atoms with van der Waals surface area (Å²) in [5.74, 6) is -0.397. The Labute approximate surface area is 181 Å². The number of nitrogens with one attached hydrogen (secondary N) is 2. The topological polar surface area (TPSA) is 99.1 Å². The largest absolute Gasteiger partial charge is 0.339 e. The van der Waals surface area contributed by atoms with Gasteiger partial charge in [-0.15, -0.1) is 0 Å². The summed E-state index contributed by atoms with van der Waals surface area (Å²) >= 11 is 0. The normalized spacial score (nSPS) is 23.3. The molecule has 1 heterocycles. The Bertz CT molecular complexity index is 1160. The van der Waals surface area contributed by atoms with Gasteiger partial charge in [0.25, 0.3) is 0 Å². The van der Waals surface area contributed by atoms with Gasteiger partial charge < -0.3 is 10.6 Å². The van der Waals surface area contributed by atoms with Gasteiger partial charge in [0.2, 0.25) is 5.91 Å². The quantitative estimate of drug-likeness (QED) is 0.718. The molecule has 31 heavy (non-hydrogen) atoms. The first-order chi connectivity index (χ1) is 14.7. The highest BCUT2D eigenvalue weighted by Gasteiger charge is 2.43. The number of rotatable bonds is 6. The van der Waals surface area contributed by atoms with E-state index in [1.165, 1.54) is 18.2 Å². The van der Waals surface area contributed by atoms with E-state index < -0.39 is 21.7 Å². The second-order valence-corrected chi connectivity index (χ2v) is 10.4. The van der Waals surface area contributed by atoms with E-state index in [4.69, 9.17) is 0 Å². The Hall–Kier alpha value is -2.76. The highest BCUT2D eigenvalue weighted by molar-refractivity contribution is 7.90. The summed E-state index contributed by atoms with van der Waals surface area (Å²) in [6.45, 7) is 0. The van der Waals surface area contributed by atoms with Crippen LogP contribution in [0.5, 0.6) is 0 Å². The third-order valence-corrected chi connectivity index (χ3v) is 7.30. The van der Waals surface area contributed by atoms with Crippen molar-refractivity contribution in [3.63, 3.8) is 0 Å². The van der Waals surface area contributed by atoms with Crippen molar-refractivity contribution in [2.24, 2.45) is 5.92 Å². The molecule has 2 aliphatic rings. The van der Waals surface area contributed by atoms with E-state index in [1.54, 1.807) is 24.3 Å². The molecule has 1 saturated carbocycles. The minimum Gasteiger partial charge on any atom is -0.339 e. The van der Waals surface area contributed by atoms with Crippen LogP contribution in [0.2, 0.25) is 0 Å². The maximum Gasteiger partial charge on any atom is 0.238 e. The molecule has 0 aromatic heterocycles. The lowest BCUT2D eigenvalue weighted by Crippen LogP contribution is -2.50. The molecule has 1 saturated heterocycles. The highest BCUT2D eigenvalue weighted by Crippen LogP contribution is 2.35. The molecule has 2 fully saturated rings. The van der Waals surface area contributed by atoms with Crippen molar-refractivity contribution in [2.45, 2.75) is 48.7 Å². The number of carbonyl (C=O) groups excluding carboxylic acids is 1. The molecule has 6 nitrogen and oxygen atoms in total. The van der Waals surface area contributed by atoms with Crippen molar-refractivity contribution in [3.05, 3.63) is 53.8 Å². The van der Waals surface area contributed by atoms with Gasteiger partial charge in [-0.2, -0.15) is 5.26 Å². The minimum atomic E-state index is -3.37. The van der Waals surface area contributed by atoms with Gasteiger partial charge in [0.05, 0.1) is 17.0 Å². The van der Waals surface area contributed by atoms with E-state index in [0.29, 0.717) is 28.7 Å². The summed E-state index contributed by atoms with van der Waals surface area (Å²) in [6.07, 6.45) is 4.27. The zero-order valence-electron chi connectivity index (χ0n) is 17.1. The van der Waals surface area contributed by atoms with Gasteiger partial charge in [-0.3, -0.25) is 4.79 Å². The van der Waals surface area contributed by atoms with E-state index in [9.17, 15) is 22.9 Å². The number of halogens is 1. The van der Waals surface area contributed by atoms with Crippen molar-refractivity contribution in [3.8, 4) is 17.2 Å². The first kappa shape index (κ1) is 21.5. The molecule has 1 aliphatic carbocycles. The molecular weight excluding hydrogens is 417 g/mol. The van der Waals surface area contributed by atoms with Crippen molar-refractivity contribution < 1.29 is 17.6 Å². The van der Waals surface area contributed by atoms with Gasteiger partial charge >= 0.3 is 0 Å². The molecule has 4 atom stereocenters. The van der Waals surface area contributed by atoms with Crippen LogP contribution in [0.1, 0.15) is 24.8 Å². The zero-order valence-corrected chi connectivity index (χ0v) is 18.0. The molecule has 162 valence electrons. The number of benzene rings is 2. The second kappa shape index (κ2) is 8.40. The fourth-order valence-electron chi connectivity index (χ4n) is 4.56. The van der Waals surface area contributed by atoms with Gasteiger partial charge in [-0.25, -0.2) is 12.8 Å². The van der Waals surface area contributed by atoms with Crippen molar-refractivity contribution >= 4 is 15.7 Å². The minimum absolute atomic E-state index is 0.0541. The Kier molecular flexibility index (Phi) is 5.82. The number of carbonyl (C=O) groups is 1. The number of nitriles is 1. The van der Waals surface area contributed by atoms with Gasteiger partial charge in [-0.1, -0.05) is 24.3 Å². The van der Waals surface area contributed by atoms with E-state index in [-0.39, 0.29) is 23.3 Å². The van der Waals surface area contributed by atoms with Crippen LogP contribution < -0.4 is 10.6 Å². The maximum atomic E-state index is 14.8. The van der Waals surface area contributed by atoms with E-state index in [2.05, 4.69) is 16.7 Å². The first-order valence-electron chi connectivity index (χ1n) is 10.3. The lowest BCUT2D eigenvalue weighted by atomic mass is 9.98. The van der Waals surface area contributed by atoms with Crippen LogP contribution in [-0.2, 0) is 21.1 Å². The van der Waals surface area contributed by atoms with E-state index in [0.717, 1.165) is 25.5 Å². The van der Waals surface area contributed by atoms with Crippen LogP contribution in [0.3, 0.4) is 0 Å². The Morgan fingerprint density at radius 1 is 1.26 bits per heavy atom. The lowest BCUT2D eigenvalue weighted by Gasteiger charge is -2.23. The number of piperidine rings is 1. The van der Waals surface area contributed by atoms with E-state index >= 15 is 0 Å². The Morgan fingerprint density at radius 2 is 2.03 bits per heavy atom. The molecule has 0 radical (unpaired) electrons. The van der Waals surface area contributed by atoms with Crippen molar-refractivity contribution in [1.82, 2.24) is 10.6 Å². The average molecular weight is 442 g/mol. The number of fused-ring (bicyclic) bond motifs is 2. The summed E-state index contributed by atoms with van der Waals surface area (Å²) in [4.78, 5) is 12.7. The van der Waals surface area contributed by atoms with Gasteiger partial charge in [0, 0.05) is 18.7 Å². The summed E-state index contributed by atoms with van der Waals surface area (Å²) < 4.78 is 38.3. The fourth-order valence-corrected chi connectivity index (χ4v) is 5.23. The lowest BCUT2D eigenvalue weighted by molar-refractivity contribution is -0.124. The van der Waals surface area contributed by atoms with Crippen LogP contribution in [0.15, 0.2) is 47.4 Å². The third-order valence-electron chi connectivity index (χ3n) is 6.19. The van der Waals surface area contributed by atoms with Crippen molar-refractivity contribution in [2.75, 3.05) is 6.26 Å². The number of amides is 1. The van der Waals surface area contributed by atoms with Crippen LogP contribution in [-0.4, -0.2) is 38.7 Å². The Balaban J connectivity index is 1.46. The molecule has 2 bridgehead atoms. The average Bonchev–Trinajstić information content (AvgIpc) is 3.37. The van der Waals surface area contributed by atoms with Crippen LogP contribution in [0.25, 0.3) is 11.1 Å². The number of hydrogen-bond donors (Lipinski definition) is 2. The molecule has 1 aliphatic heterocycles. The second-order valence-electron chi connectivity index (χ2n) is 8.41. The summed E-state index contributed by atoms with van der Waals surface area (Å²) in [6, 6.07) is 12.2. The molecule has 2 aromatic carbocycles. The van der Waals surface area contributed by atoms with Gasteiger partial charge in [0.1, 0.15) is 11.9 Å². The smallest absolute Gasteiger partial charge is 0.238 e. The third kappa shape index (κ3) is 4.63. The number of nitrogens with zero attached hydrogens (tertiary/aromatic N) is 1. The van der Waals surface area contributed by atoms with Crippen LogP contribution >= 0.6 is 0 Å². The Morgan fingerprint density at radius 3 is 2.65 bits per heavy atom. The molecule has 1 amide bonds. The monoisotopic (exact) mass is 441 g/mol. The van der Waals surface area contributed by atoms with Crippen LogP contribution in [0, 0.1) is 23.1 Å². The fraction of sp³-hybridized carbons (Fsp3) is 0.391. The number of sulfone groups is 1. The SMILES string of the molecule is CS(=O)(=O)c1cccc(-c2ccc(C[C@@H](C#N)NC(=O)C3NC4CCC3C4)c(F)c2)c1. The summed E-state index contributed by atoms with van der Waals surface area (Å²) in [5.41, 5.74) is 1.44. The predicted molar refractivity (Wildman–Crippen MR) is 114 cm³/mol. The maximum absolute atomic E-state index is 14.8. The molecule has 3 unspecified atom stereocenters. The van der Waals surface area contributed by atoms with E-state index in [1.807, 2.05) is 0 Å². The molecule has 2 aromatic rings. The zero-order chi connectivity index (χ0) is 22.2. The summed E-state index contributed by atoms with van der Waals surface area (Å²) in [7, 11) is -3.37. The standard InChI is InChI=1S/C23H24FN3O3S/c1-31(29,30)20-4-2-3-14(11-20)15-5-6-16(21(24)12-15)9-19(13-25)27-23(28)22-17-7-8-18(10-17)26-22/h2-6,11-12,17-19,22,26H,7-10H2,1H3,(H,27,28)/t17?,18?,19-,22?/m0/s1.